The van der Waals surface area contributed by atoms with E-state index in [1.165, 1.54) is 12.1 Å². The number of amides is 1. The third kappa shape index (κ3) is 5.27. The maximum absolute atomic E-state index is 12.9. The number of aromatic nitrogens is 2. The first kappa shape index (κ1) is 20.4. The number of imidazole rings is 1. The number of hydrogen-bond acceptors (Lipinski definition) is 4. The van der Waals surface area contributed by atoms with Crippen LogP contribution in [0.3, 0.4) is 0 Å². The molecule has 26 heavy (non-hydrogen) atoms. The van der Waals surface area contributed by atoms with Crippen LogP contribution < -0.4 is 10.6 Å². The topological polar surface area (TPSA) is 62.2 Å². The van der Waals surface area contributed by atoms with E-state index in [1.807, 2.05) is 17.8 Å². The Labute approximate surface area is 159 Å². The van der Waals surface area contributed by atoms with Gasteiger partial charge >= 0.3 is 0 Å². The maximum Gasteiger partial charge on any atom is 0.234 e. The van der Waals surface area contributed by atoms with Gasteiger partial charge in [0, 0.05) is 45.6 Å². The molecule has 1 aromatic heterocycles. The molecule has 1 aromatic carbocycles. The highest BCUT2D eigenvalue weighted by atomic mass is 35.5. The molecular weight excluding hydrogens is 357 g/mol. The molecule has 0 bridgehead atoms. The summed E-state index contributed by atoms with van der Waals surface area (Å²) >= 11 is 0. The zero-order valence-corrected chi connectivity index (χ0v) is 15.6. The molecule has 2 N–H and O–H groups in total. The van der Waals surface area contributed by atoms with E-state index in [0.29, 0.717) is 19.5 Å². The molecule has 142 valence electrons. The summed E-state index contributed by atoms with van der Waals surface area (Å²) < 4.78 is 14.9. The first-order chi connectivity index (χ1) is 12.1. The molecule has 0 aliphatic carbocycles. The zero-order valence-electron chi connectivity index (χ0n) is 14.8. The molecule has 2 aromatic rings. The molecule has 1 atom stereocenters. The van der Waals surface area contributed by atoms with Crippen molar-refractivity contribution in [1.29, 1.82) is 0 Å². The SMILES string of the molecule is Cl.Cn1ccnc1C1CNCCN1CC(=O)NCCc1ccc(F)cc1. The molecule has 1 saturated heterocycles. The lowest BCUT2D eigenvalue weighted by molar-refractivity contribution is -0.123. The van der Waals surface area contributed by atoms with Gasteiger partial charge in [0.2, 0.25) is 5.91 Å². The number of hydrogen-bond donors (Lipinski definition) is 2. The van der Waals surface area contributed by atoms with Crippen LogP contribution in [0.5, 0.6) is 0 Å². The number of piperazine rings is 1. The minimum Gasteiger partial charge on any atom is -0.355 e. The van der Waals surface area contributed by atoms with E-state index in [0.717, 1.165) is 31.0 Å². The molecule has 1 unspecified atom stereocenters. The van der Waals surface area contributed by atoms with Crippen molar-refractivity contribution >= 4 is 18.3 Å². The van der Waals surface area contributed by atoms with Gasteiger partial charge in [-0.1, -0.05) is 12.1 Å². The molecule has 2 heterocycles. The number of nitrogens with one attached hydrogen (secondary N) is 2. The van der Waals surface area contributed by atoms with Crippen molar-refractivity contribution < 1.29 is 9.18 Å². The highest BCUT2D eigenvalue weighted by Gasteiger charge is 2.27. The van der Waals surface area contributed by atoms with E-state index >= 15 is 0 Å². The van der Waals surface area contributed by atoms with Crippen LogP contribution in [-0.2, 0) is 18.3 Å². The predicted molar refractivity (Wildman–Crippen MR) is 101 cm³/mol. The number of aryl methyl sites for hydroxylation is 1. The minimum atomic E-state index is -0.244. The van der Waals surface area contributed by atoms with Gasteiger partial charge in [-0.2, -0.15) is 0 Å². The second kappa shape index (κ2) is 9.66. The lowest BCUT2D eigenvalue weighted by atomic mass is 10.1. The summed E-state index contributed by atoms with van der Waals surface area (Å²) in [6.07, 6.45) is 4.39. The van der Waals surface area contributed by atoms with E-state index < -0.39 is 0 Å². The number of nitrogens with zero attached hydrogens (tertiary/aromatic N) is 3. The number of benzene rings is 1. The van der Waals surface area contributed by atoms with E-state index in [1.54, 1.807) is 18.3 Å². The standard InChI is InChI=1S/C18H24FN5O.ClH/c1-23-10-9-22-18(23)16-12-20-8-11-24(16)13-17(25)21-7-6-14-2-4-15(19)5-3-14;/h2-5,9-10,16,20H,6-8,11-13H2,1H3,(H,21,25);1H. The summed E-state index contributed by atoms with van der Waals surface area (Å²) in [6, 6.07) is 6.46. The van der Waals surface area contributed by atoms with E-state index in [-0.39, 0.29) is 30.2 Å². The van der Waals surface area contributed by atoms with Gasteiger partial charge in [-0.3, -0.25) is 9.69 Å². The van der Waals surface area contributed by atoms with Crippen LogP contribution in [0.4, 0.5) is 4.39 Å². The van der Waals surface area contributed by atoms with Gasteiger partial charge in [0.05, 0.1) is 12.6 Å². The number of carbonyl (C=O) groups is 1. The van der Waals surface area contributed by atoms with E-state index in [9.17, 15) is 9.18 Å². The summed E-state index contributed by atoms with van der Waals surface area (Å²) in [4.78, 5) is 18.9. The Morgan fingerprint density at radius 3 is 2.85 bits per heavy atom. The Balaban J connectivity index is 0.00000243. The molecule has 3 rings (SSSR count). The number of halogens is 2. The largest absolute Gasteiger partial charge is 0.355 e. The fraction of sp³-hybridized carbons (Fsp3) is 0.444. The quantitative estimate of drug-likeness (QED) is 0.791. The molecule has 1 fully saturated rings. The summed E-state index contributed by atoms with van der Waals surface area (Å²) in [5.41, 5.74) is 1.01. The van der Waals surface area contributed by atoms with Crippen LogP contribution in [0.2, 0.25) is 0 Å². The third-order valence-electron chi connectivity index (χ3n) is 4.51. The molecule has 0 spiro atoms. The third-order valence-corrected chi connectivity index (χ3v) is 4.51. The second-order valence-corrected chi connectivity index (χ2v) is 6.31. The fourth-order valence-electron chi connectivity index (χ4n) is 3.13. The van der Waals surface area contributed by atoms with Gasteiger partial charge in [0.15, 0.2) is 0 Å². The zero-order chi connectivity index (χ0) is 17.6. The summed E-state index contributed by atoms with van der Waals surface area (Å²) in [7, 11) is 1.97. The maximum atomic E-state index is 12.9. The van der Waals surface area contributed by atoms with Gasteiger partial charge in [-0.25, -0.2) is 9.37 Å². The molecule has 1 aliphatic rings. The normalized spacial score (nSPS) is 17.5. The minimum absolute atomic E-state index is 0. The van der Waals surface area contributed by atoms with E-state index in [4.69, 9.17) is 0 Å². The van der Waals surface area contributed by atoms with Crippen LogP contribution in [0.25, 0.3) is 0 Å². The van der Waals surface area contributed by atoms with Crippen LogP contribution in [0, 0.1) is 5.82 Å². The van der Waals surface area contributed by atoms with Crippen molar-refractivity contribution in [3.8, 4) is 0 Å². The van der Waals surface area contributed by atoms with Crippen LogP contribution >= 0.6 is 12.4 Å². The van der Waals surface area contributed by atoms with Crippen molar-refractivity contribution in [3.05, 3.63) is 53.9 Å². The average molecular weight is 382 g/mol. The van der Waals surface area contributed by atoms with Gasteiger partial charge < -0.3 is 15.2 Å². The van der Waals surface area contributed by atoms with Gasteiger partial charge in [0.25, 0.3) is 0 Å². The van der Waals surface area contributed by atoms with Crippen molar-refractivity contribution in [2.75, 3.05) is 32.7 Å². The van der Waals surface area contributed by atoms with E-state index in [2.05, 4.69) is 20.5 Å². The number of rotatable bonds is 6. The predicted octanol–water partition coefficient (Wildman–Crippen LogP) is 1.29. The smallest absolute Gasteiger partial charge is 0.234 e. The lowest BCUT2D eigenvalue weighted by Gasteiger charge is -2.35. The summed E-state index contributed by atoms with van der Waals surface area (Å²) in [6.45, 7) is 3.35. The first-order valence-electron chi connectivity index (χ1n) is 8.56. The van der Waals surface area contributed by atoms with Gasteiger partial charge in [-0.15, -0.1) is 12.4 Å². The lowest BCUT2D eigenvalue weighted by Crippen LogP contribution is -2.50. The Bertz CT molecular complexity index is 706. The summed E-state index contributed by atoms with van der Waals surface area (Å²) in [5, 5.41) is 6.32. The summed E-state index contributed by atoms with van der Waals surface area (Å²) in [5.74, 6) is 0.723. The first-order valence-corrected chi connectivity index (χ1v) is 8.56. The molecule has 1 aliphatic heterocycles. The van der Waals surface area contributed by atoms with Crippen molar-refractivity contribution in [3.63, 3.8) is 0 Å². The number of carbonyl (C=O) groups excluding carboxylic acids is 1. The molecular formula is C18H25ClFN5O. The van der Waals surface area contributed by atoms with Gasteiger partial charge in [0.1, 0.15) is 11.6 Å². The molecule has 6 nitrogen and oxygen atoms in total. The van der Waals surface area contributed by atoms with Crippen molar-refractivity contribution in [1.82, 2.24) is 25.1 Å². The fourth-order valence-corrected chi connectivity index (χ4v) is 3.13. The van der Waals surface area contributed by atoms with Crippen molar-refractivity contribution in [2.24, 2.45) is 7.05 Å². The molecule has 0 radical (unpaired) electrons. The Morgan fingerprint density at radius 2 is 2.15 bits per heavy atom. The molecule has 8 heteroatoms. The Kier molecular flexibility index (Phi) is 7.56. The Morgan fingerprint density at radius 1 is 1.38 bits per heavy atom. The monoisotopic (exact) mass is 381 g/mol. The molecule has 1 amide bonds. The van der Waals surface area contributed by atoms with Crippen molar-refractivity contribution in [2.45, 2.75) is 12.5 Å². The van der Waals surface area contributed by atoms with Crippen LogP contribution in [0.1, 0.15) is 17.4 Å². The average Bonchev–Trinajstić information content (AvgIpc) is 3.03. The van der Waals surface area contributed by atoms with Crippen LogP contribution in [0.15, 0.2) is 36.7 Å². The highest BCUT2D eigenvalue weighted by Crippen LogP contribution is 2.19. The van der Waals surface area contributed by atoms with Gasteiger partial charge in [-0.05, 0) is 24.1 Å². The van der Waals surface area contributed by atoms with Crippen LogP contribution in [-0.4, -0.2) is 53.1 Å². The molecule has 0 saturated carbocycles. The second-order valence-electron chi connectivity index (χ2n) is 6.31. The Hall–Kier alpha value is -1.96. The highest BCUT2D eigenvalue weighted by molar-refractivity contribution is 5.85.